The van der Waals surface area contributed by atoms with Gasteiger partial charge in [-0.25, -0.2) is 13.2 Å². The molecular weight excluding hydrogens is 366 g/mol. The summed E-state index contributed by atoms with van der Waals surface area (Å²) in [5, 5.41) is 0.363. The van der Waals surface area contributed by atoms with Crippen molar-refractivity contribution < 1.29 is 22.4 Å². The molecule has 1 aromatic heterocycles. The predicted octanol–water partition coefficient (Wildman–Crippen LogP) is 3.46. The van der Waals surface area contributed by atoms with Crippen LogP contribution in [0.1, 0.15) is 35.4 Å². The Labute approximate surface area is 151 Å². The van der Waals surface area contributed by atoms with Crippen molar-refractivity contribution in [2.24, 2.45) is 0 Å². The number of benzene rings is 1. The molecule has 0 spiro atoms. The fraction of sp³-hybridized carbons (Fsp3) is 0.353. The quantitative estimate of drug-likeness (QED) is 0.739. The number of rotatable bonds is 5. The predicted molar refractivity (Wildman–Crippen MR) is 91.9 cm³/mol. The van der Waals surface area contributed by atoms with Crippen molar-refractivity contribution in [1.29, 1.82) is 0 Å². The molecule has 0 N–H and O–H groups in total. The average Bonchev–Trinajstić information content (AvgIpc) is 3.13. The van der Waals surface area contributed by atoms with E-state index in [0.29, 0.717) is 18.1 Å². The molecule has 8 heteroatoms. The Morgan fingerprint density at radius 1 is 1.08 bits per heavy atom. The topological polar surface area (TPSA) is 76.8 Å². The molecule has 6 nitrogen and oxygen atoms in total. The van der Waals surface area contributed by atoms with Gasteiger partial charge in [0.05, 0.1) is 0 Å². The van der Waals surface area contributed by atoms with Crippen molar-refractivity contribution in [3.8, 4) is 0 Å². The van der Waals surface area contributed by atoms with Crippen LogP contribution in [-0.4, -0.2) is 31.8 Å². The van der Waals surface area contributed by atoms with Gasteiger partial charge in [0.2, 0.25) is 10.9 Å². The Balaban J connectivity index is 1.65. The van der Waals surface area contributed by atoms with Gasteiger partial charge in [-0.05, 0) is 42.7 Å². The van der Waals surface area contributed by atoms with E-state index in [2.05, 4.69) is 0 Å². The second kappa shape index (κ2) is 7.59. The van der Waals surface area contributed by atoms with Gasteiger partial charge >= 0.3 is 5.97 Å². The van der Waals surface area contributed by atoms with Crippen LogP contribution in [0, 0.1) is 0 Å². The highest BCUT2D eigenvalue weighted by molar-refractivity contribution is 7.89. The van der Waals surface area contributed by atoms with Crippen molar-refractivity contribution in [2.45, 2.75) is 31.0 Å². The second-order valence-electron chi connectivity index (χ2n) is 5.79. The van der Waals surface area contributed by atoms with Gasteiger partial charge in [0, 0.05) is 18.1 Å². The molecule has 0 radical (unpaired) electrons. The molecule has 0 saturated carbocycles. The van der Waals surface area contributed by atoms with Crippen LogP contribution >= 0.6 is 11.6 Å². The van der Waals surface area contributed by atoms with E-state index in [0.717, 1.165) is 24.8 Å². The molecule has 1 aliphatic rings. The molecule has 2 aromatic rings. The first-order valence-corrected chi connectivity index (χ1v) is 9.80. The number of furan rings is 1. The summed E-state index contributed by atoms with van der Waals surface area (Å²) in [6.07, 6.45) is 2.68. The maximum absolute atomic E-state index is 12.5. The first-order valence-electron chi connectivity index (χ1n) is 7.98. The van der Waals surface area contributed by atoms with Crippen molar-refractivity contribution in [3.05, 3.63) is 52.7 Å². The summed E-state index contributed by atoms with van der Waals surface area (Å²) >= 11 is 5.80. The first kappa shape index (κ1) is 18.0. The number of hydrogen-bond donors (Lipinski definition) is 0. The lowest BCUT2D eigenvalue weighted by atomic mass is 10.2. The van der Waals surface area contributed by atoms with Crippen LogP contribution in [0.4, 0.5) is 0 Å². The zero-order chi connectivity index (χ0) is 17.9. The van der Waals surface area contributed by atoms with Gasteiger partial charge in [0.1, 0.15) is 6.61 Å². The minimum absolute atomic E-state index is 0.0465. The van der Waals surface area contributed by atoms with E-state index in [1.807, 2.05) is 0 Å². The van der Waals surface area contributed by atoms with Crippen molar-refractivity contribution in [3.63, 3.8) is 0 Å². The van der Waals surface area contributed by atoms with Gasteiger partial charge < -0.3 is 9.15 Å². The number of carbonyl (C=O) groups is 1. The highest BCUT2D eigenvalue weighted by Crippen LogP contribution is 2.23. The largest absolute Gasteiger partial charge is 0.455 e. The lowest BCUT2D eigenvalue weighted by Gasteiger charge is -2.24. The molecular formula is C17H18ClNO5S. The van der Waals surface area contributed by atoms with Crippen LogP contribution in [0.5, 0.6) is 0 Å². The molecule has 0 atom stereocenters. The summed E-state index contributed by atoms with van der Waals surface area (Å²) in [7, 11) is -3.70. The molecule has 0 bridgehead atoms. The highest BCUT2D eigenvalue weighted by atomic mass is 35.5. The van der Waals surface area contributed by atoms with E-state index >= 15 is 0 Å². The zero-order valence-electron chi connectivity index (χ0n) is 13.5. The van der Waals surface area contributed by atoms with E-state index in [-0.39, 0.29) is 17.5 Å². The highest BCUT2D eigenvalue weighted by Gasteiger charge is 2.29. The van der Waals surface area contributed by atoms with Crippen molar-refractivity contribution in [1.82, 2.24) is 4.31 Å². The van der Waals surface area contributed by atoms with Crippen LogP contribution in [0.3, 0.4) is 0 Å². The summed E-state index contributed by atoms with van der Waals surface area (Å²) in [4.78, 5) is 12.1. The van der Waals surface area contributed by atoms with E-state index in [1.54, 1.807) is 24.3 Å². The first-order chi connectivity index (χ1) is 12.0. The van der Waals surface area contributed by atoms with Crippen LogP contribution in [-0.2, 0) is 21.4 Å². The number of ether oxygens (including phenoxy) is 1. The number of carbonyl (C=O) groups excluding carboxylic acids is 1. The Bertz CT molecular complexity index is 838. The minimum atomic E-state index is -3.70. The second-order valence-corrected chi connectivity index (χ2v) is 8.09. The van der Waals surface area contributed by atoms with E-state index in [4.69, 9.17) is 20.8 Å². The lowest BCUT2D eigenvalue weighted by molar-refractivity contribution is 0.0430. The Morgan fingerprint density at radius 2 is 1.76 bits per heavy atom. The molecule has 0 amide bonds. The fourth-order valence-electron chi connectivity index (χ4n) is 2.60. The SMILES string of the molecule is O=C(OCc1ccc(Cl)cc1)c1ccc(S(=O)(=O)N2CCCCC2)o1. The fourth-order valence-corrected chi connectivity index (χ4v) is 4.16. The monoisotopic (exact) mass is 383 g/mol. The molecule has 1 aromatic carbocycles. The number of sulfonamides is 1. The molecule has 25 heavy (non-hydrogen) atoms. The number of hydrogen-bond acceptors (Lipinski definition) is 5. The van der Waals surface area contributed by atoms with E-state index < -0.39 is 16.0 Å². The lowest BCUT2D eigenvalue weighted by Crippen LogP contribution is -2.35. The molecule has 1 saturated heterocycles. The van der Waals surface area contributed by atoms with Crippen molar-refractivity contribution >= 4 is 27.6 Å². The van der Waals surface area contributed by atoms with Crippen LogP contribution < -0.4 is 0 Å². The van der Waals surface area contributed by atoms with Crippen LogP contribution in [0.15, 0.2) is 45.9 Å². The maximum atomic E-state index is 12.5. The summed E-state index contributed by atoms with van der Waals surface area (Å²) in [6, 6.07) is 9.49. The number of esters is 1. The smallest absolute Gasteiger partial charge is 0.374 e. The Hall–Kier alpha value is -1.83. The van der Waals surface area contributed by atoms with Gasteiger partial charge in [-0.15, -0.1) is 0 Å². The standard InChI is InChI=1S/C17H18ClNO5S/c18-14-6-4-13(5-7-14)12-23-17(20)15-8-9-16(24-15)25(21,22)19-10-2-1-3-11-19/h4-9H,1-3,10-12H2. The number of piperidine rings is 1. The molecule has 134 valence electrons. The van der Waals surface area contributed by atoms with Crippen LogP contribution in [0.2, 0.25) is 5.02 Å². The van der Waals surface area contributed by atoms with Gasteiger partial charge in [0.25, 0.3) is 10.0 Å². The van der Waals surface area contributed by atoms with Crippen LogP contribution in [0.25, 0.3) is 0 Å². The third-order valence-electron chi connectivity index (χ3n) is 3.97. The third-order valence-corrected chi connectivity index (χ3v) is 6.00. The molecule has 2 heterocycles. The maximum Gasteiger partial charge on any atom is 0.374 e. The zero-order valence-corrected chi connectivity index (χ0v) is 15.1. The Kier molecular flexibility index (Phi) is 5.46. The van der Waals surface area contributed by atoms with Gasteiger partial charge in [-0.1, -0.05) is 30.2 Å². The van der Waals surface area contributed by atoms with E-state index in [1.165, 1.54) is 16.4 Å². The van der Waals surface area contributed by atoms with Gasteiger partial charge in [-0.3, -0.25) is 0 Å². The molecule has 1 fully saturated rings. The summed E-state index contributed by atoms with van der Waals surface area (Å²) < 4.78 is 36.8. The Morgan fingerprint density at radius 3 is 2.44 bits per heavy atom. The summed E-state index contributed by atoms with van der Waals surface area (Å²) in [5.41, 5.74) is 0.769. The molecule has 0 aliphatic carbocycles. The number of nitrogens with zero attached hydrogens (tertiary/aromatic N) is 1. The molecule has 0 unspecified atom stereocenters. The summed E-state index contributed by atoms with van der Waals surface area (Å²) in [5.74, 6) is -0.848. The van der Waals surface area contributed by atoms with E-state index in [9.17, 15) is 13.2 Å². The normalized spacial score (nSPS) is 15.9. The minimum Gasteiger partial charge on any atom is -0.455 e. The molecule has 3 rings (SSSR count). The molecule has 1 aliphatic heterocycles. The van der Waals surface area contributed by atoms with Crippen molar-refractivity contribution in [2.75, 3.05) is 13.1 Å². The van der Waals surface area contributed by atoms with Gasteiger partial charge in [-0.2, -0.15) is 4.31 Å². The number of halogens is 1. The van der Waals surface area contributed by atoms with Gasteiger partial charge in [0.15, 0.2) is 0 Å². The average molecular weight is 384 g/mol. The summed E-state index contributed by atoms with van der Waals surface area (Å²) in [6.45, 7) is 0.990. The third kappa shape index (κ3) is 4.23.